The van der Waals surface area contributed by atoms with Crippen LogP contribution in [0.1, 0.15) is 25.3 Å². The molecule has 1 aromatic carbocycles. The molecule has 2 amide bonds. The second-order valence-electron chi connectivity index (χ2n) is 5.32. The van der Waals surface area contributed by atoms with E-state index in [4.69, 9.17) is 0 Å². The summed E-state index contributed by atoms with van der Waals surface area (Å²) in [4.78, 5) is 13.9. The molecule has 1 fully saturated rings. The third-order valence-electron chi connectivity index (χ3n) is 3.70. The van der Waals surface area contributed by atoms with Gasteiger partial charge in [-0.1, -0.05) is 34.1 Å². The summed E-state index contributed by atoms with van der Waals surface area (Å²) in [6.07, 6.45) is 2.64. The van der Waals surface area contributed by atoms with Gasteiger partial charge < -0.3 is 15.3 Å². The van der Waals surface area contributed by atoms with Crippen LogP contribution < -0.4 is 5.32 Å². The van der Waals surface area contributed by atoms with Gasteiger partial charge in [0.25, 0.3) is 0 Å². The van der Waals surface area contributed by atoms with Gasteiger partial charge in [0.2, 0.25) is 0 Å². The molecule has 1 heterocycles. The van der Waals surface area contributed by atoms with Gasteiger partial charge in [0.1, 0.15) is 0 Å². The highest BCUT2D eigenvalue weighted by molar-refractivity contribution is 9.10. The van der Waals surface area contributed by atoms with Crippen molar-refractivity contribution in [3.8, 4) is 0 Å². The number of urea groups is 1. The van der Waals surface area contributed by atoms with Crippen LogP contribution >= 0.6 is 15.9 Å². The van der Waals surface area contributed by atoms with Crippen molar-refractivity contribution in [1.29, 1.82) is 0 Å². The van der Waals surface area contributed by atoms with Crippen molar-refractivity contribution in [2.24, 2.45) is 0 Å². The average Bonchev–Trinajstić information content (AvgIpc) is 2.89. The lowest BCUT2D eigenvalue weighted by Crippen LogP contribution is -2.47. The zero-order valence-electron chi connectivity index (χ0n) is 11.7. The summed E-state index contributed by atoms with van der Waals surface area (Å²) in [5, 5.41) is 12.3. The molecule has 0 unspecified atom stereocenters. The molecule has 1 saturated heterocycles. The molecule has 4 nitrogen and oxygen atoms in total. The Morgan fingerprint density at radius 1 is 1.55 bits per heavy atom. The first-order valence-corrected chi connectivity index (χ1v) is 7.82. The fourth-order valence-electron chi connectivity index (χ4n) is 2.63. The third-order valence-corrected chi connectivity index (χ3v) is 4.48. The molecule has 1 aliphatic rings. The van der Waals surface area contributed by atoms with E-state index >= 15 is 0 Å². The summed E-state index contributed by atoms with van der Waals surface area (Å²) in [7, 11) is 0. The number of carbonyl (C=O) groups is 1. The molecule has 1 aliphatic heterocycles. The Morgan fingerprint density at radius 2 is 2.30 bits per heavy atom. The van der Waals surface area contributed by atoms with E-state index in [-0.39, 0.29) is 24.7 Å². The average molecular weight is 341 g/mol. The molecule has 5 heteroatoms. The molecule has 1 aromatic rings. The number of rotatable bonds is 4. The first-order valence-electron chi connectivity index (χ1n) is 7.03. The number of benzene rings is 1. The van der Waals surface area contributed by atoms with E-state index in [1.807, 2.05) is 25.1 Å². The summed E-state index contributed by atoms with van der Waals surface area (Å²) in [6, 6.07) is 8.00. The van der Waals surface area contributed by atoms with Crippen LogP contribution in [0.4, 0.5) is 4.79 Å². The largest absolute Gasteiger partial charge is 0.394 e. The van der Waals surface area contributed by atoms with Crippen LogP contribution in [0.5, 0.6) is 0 Å². The highest BCUT2D eigenvalue weighted by atomic mass is 79.9. The van der Waals surface area contributed by atoms with E-state index in [0.717, 1.165) is 30.3 Å². The van der Waals surface area contributed by atoms with Crippen LogP contribution in [0.2, 0.25) is 0 Å². The van der Waals surface area contributed by atoms with Crippen molar-refractivity contribution in [3.63, 3.8) is 0 Å². The van der Waals surface area contributed by atoms with Crippen molar-refractivity contribution in [2.75, 3.05) is 13.2 Å². The lowest BCUT2D eigenvalue weighted by molar-refractivity contribution is 0.155. The van der Waals surface area contributed by atoms with Crippen molar-refractivity contribution in [3.05, 3.63) is 34.3 Å². The van der Waals surface area contributed by atoms with Gasteiger partial charge in [-0.2, -0.15) is 0 Å². The number of nitrogens with zero attached hydrogens (tertiary/aromatic N) is 1. The number of amides is 2. The van der Waals surface area contributed by atoms with E-state index in [1.54, 1.807) is 4.90 Å². The van der Waals surface area contributed by atoms with Gasteiger partial charge in [-0.05, 0) is 37.8 Å². The standard InChI is InChI=1S/C15H21BrN2O2/c1-11(9-12-5-2-3-7-14(12)16)17-15(20)18-8-4-6-13(18)10-19/h2-3,5,7,11,13,19H,4,6,8-10H2,1H3,(H,17,20)/t11-,13+/m1/s1. The van der Waals surface area contributed by atoms with Gasteiger partial charge in [-0.3, -0.25) is 0 Å². The molecule has 0 spiro atoms. The Hall–Kier alpha value is -1.07. The second kappa shape index (κ2) is 7.09. The maximum Gasteiger partial charge on any atom is 0.317 e. The number of nitrogens with one attached hydrogen (secondary N) is 1. The first kappa shape index (κ1) is 15.3. The van der Waals surface area contributed by atoms with Gasteiger partial charge in [0, 0.05) is 17.1 Å². The lowest BCUT2D eigenvalue weighted by atomic mass is 10.1. The van der Waals surface area contributed by atoms with Crippen molar-refractivity contribution in [1.82, 2.24) is 10.2 Å². The Kier molecular flexibility index (Phi) is 5.43. The number of halogens is 1. The molecule has 110 valence electrons. The predicted octanol–water partition coefficient (Wildman–Crippen LogP) is 2.55. The van der Waals surface area contributed by atoms with Crippen LogP contribution in [-0.4, -0.2) is 41.3 Å². The van der Waals surface area contributed by atoms with Crippen molar-refractivity contribution < 1.29 is 9.90 Å². The monoisotopic (exact) mass is 340 g/mol. The van der Waals surface area contributed by atoms with E-state index in [1.165, 1.54) is 5.56 Å². The van der Waals surface area contributed by atoms with E-state index in [9.17, 15) is 9.90 Å². The predicted molar refractivity (Wildman–Crippen MR) is 82.7 cm³/mol. The van der Waals surface area contributed by atoms with Crippen molar-refractivity contribution in [2.45, 2.75) is 38.3 Å². The molecule has 20 heavy (non-hydrogen) atoms. The number of aliphatic hydroxyl groups is 1. The van der Waals surface area contributed by atoms with Crippen LogP contribution in [0.25, 0.3) is 0 Å². The van der Waals surface area contributed by atoms with E-state index in [2.05, 4.69) is 27.3 Å². The number of aliphatic hydroxyl groups excluding tert-OH is 1. The summed E-state index contributed by atoms with van der Waals surface area (Å²) in [5.74, 6) is 0. The molecule has 2 atom stereocenters. The quantitative estimate of drug-likeness (QED) is 0.884. The van der Waals surface area contributed by atoms with Crippen LogP contribution in [0.15, 0.2) is 28.7 Å². The minimum absolute atomic E-state index is 0.0225. The highest BCUT2D eigenvalue weighted by Crippen LogP contribution is 2.19. The topological polar surface area (TPSA) is 52.6 Å². The maximum atomic E-state index is 12.2. The Labute approximate surface area is 128 Å². The molecule has 0 aliphatic carbocycles. The van der Waals surface area contributed by atoms with Crippen LogP contribution in [-0.2, 0) is 6.42 Å². The van der Waals surface area contributed by atoms with Gasteiger partial charge in [-0.15, -0.1) is 0 Å². The van der Waals surface area contributed by atoms with Gasteiger partial charge in [-0.25, -0.2) is 4.79 Å². The van der Waals surface area contributed by atoms with E-state index < -0.39 is 0 Å². The van der Waals surface area contributed by atoms with Crippen LogP contribution in [0.3, 0.4) is 0 Å². The number of hydrogen-bond acceptors (Lipinski definition) is 2. The molecule has 2 N–H and O–H groups in total. The number of carbonyl (C=O) groups excluding carboxylic acids is 1. The molecule has 0 aromatic heterocycles. The van der Waals surface area contributed by atoms with Gasteiger partial charge in [0.15, 0.2) is 0 Å². The summed E-state index contributed by atoms with van der Waals surface area (Å²) in [6.45, 7) is 2.78. The Morgan fingerprint density at radius 3 is 3.00 bits per heavy atom. The van der Waals surface area contributed by atoms with Gasteiger partial charge >= 0.3 is 6.03 Å². The fraction of sp³-hybridized carbons (Fsp3) is 0.533. The Bertz CT molecular complexity index is 467. The molecule has 0 bridgehead atoms. The molecule has 0 saturated carbocycles. The van der Waals surface area contributed by atoms with Crippen LogP contribution in [0, 0.1) is 0 Å². The van der Waals surface area contributed by atoms with E-state index in [0.29, 0.717) is 0 Å². The molecular weight excluding hydrogens is 320 g/mol. The lowest BCUT2D eigenvalue weighted by Gasteiger charge is -2.25. The number of likely N-dealkylation sites (tertiary alicyclic amines) is 1. The normalized spacial score (nSPS) is 19.9. The maximum absolute atomic E-state index is 12.2. The third kappa shape index (κ3) is 3.73. The number of hydrogen-bond donors (Lipinski definition) is 2. The zero-order chi connectivity index (χ0) is 14.5. The molecule has 0 radical (unpaired) electrons. The summed E-state index contributed by atoms with van der Waals surface area (Å²) < 4.78 is 1.07. The molecular formula is C15H21BrN2O2. The summed E-state index contributed by atoms with van der Waals surface area (Å²) >= 11 is 3.52. The minimum Gasteiger partial charge on any atom is -0.394 e. The SMILES string of the molecule is C[C@H](Cc1ccccc1Br)NC(=O)N1CCC[C@H]1CO. The minimum atomic E-state index is -0.0684. The van der Waals surface area contributed by atoms with Crippen molar-refractivity contribution >= 4 is 22.0 Å². The van der Waals surface area contributed by atoms with Gasteiger partial charge in [0.05, 0.1) is 12.6 Å². The zero-order valence-corrected chi connectivity index (χ0v) is 13.3. The fourth-order valence-corrected chi connectivity index (χ4v) is 3.08. The highest BCUT2D eigenvalue weighted by Gasteiger charge is 2.28. The second-order valence-corrected chi connectivity index (χ2v) is 6.17. The summed E-state index contributed by atoms with van der Waals surface area (Å²) in [5.41, 5.74) is 1.18. The first-order chi connectivity index (χ1) is 9.61. The molecule has 2 rings (SSSR count). The Balaban J connectivity index is 1.89. The smallest absolute Gasteiger partial charge is 0.317 e.